The number of nitrogens with one attached hydrogen (secondary N) is 3. The maximum Gasteiger partial charge on any atom is 0.280 e. The lowest BCUT2D eigenvalue weighted by molar-refractivity contribution is -0.127. The van der Waals surface area contributed by atoms with Gasteiger partial charge >= 0.3 is 0 Å². The molecule has 0 saturated carbocycles. The van der Waals surface area contributed by atoms with Crippen molar-refractivity contribution in [1.29, 1.82) is 5.41 Å². The fourth-order valence-electron chi connectivity index (χ4n) is 4.74. The van der Waals surface area contributed by atoms with Crippen molar-refractivity contribution in [2.45, 2.75) is 70.2 Å². The molecule has 0 radical (unpaired) electrons. The number of carbonyl (C=O) groups excluding carboxylic acids is 2. The van der Waals surface area contributed by atoms with Crippen molar-refractivity contribution >= 4 is 41.4 Å². The molecule has 1 aromatic heterocycles. The van der Waals surface area contributed by atoms with Crippen molar-refractivity contribution in [2.75, 3.05) is 50.9 Å². The lowest BCUT2D eigenvalue weighted by Crippen LogP contribution is -2.47. The number of aliphatic hydroxyl groups is 4. The molecule has 16 heteroatoms. The highest BCUT2D eigenvalue weighted by atomic mass is 35.5. The van der Waals surface area contributed by atoms with Gasteiger partial charge in [0.25, 0.3) is 5.91 Å². The molecule has 1 aromatic carbocycles. The average Bonchev–Trinajstić information content (AvgIpc) is 3.04. The number of hydrogen-bond donors (Lipinski definition) is 9. The van der Waals surface area contributed by atoms with E-state index in [0.717, 1.165) is 50.5 Å². The SMILES string of the molecule is CCCCCCN(CCOc1ccc(CCCCNC(=N)NC(=O)c2nc(Cl)c(N)nc2N)cc1)C[C@H](O)[C@@H](C=O)[C@H](O)[C@H](O)CO. The number of nitrogens with zero attached hydrogens (tertiary/aromatic N) is 3. The first-order valence-electron chi connectivity index (χ1n) is 15.8. The third kappa shape index (κ3) is 14.0. The van der Waals surface area contributed by atoms with Crippen LogP contribution < -0.4 is 26.8 Å². The molecule has 1 amide bonds. The van der Waals surface area contributed by atoms with Gasteiger partial charge in [0.15, 0.2) is 28.4 Å². The Bertz CT molecular complexity index is 1260. The predicted molar refractivity (Wildman–Crippen MR) is 179 cm³/mol. The van der Waals surface area contributed by atoms with Crippen LogP contribution >= 0.6 is 11.6 Å². The zero-order chi connectivity index (χ0) is 34.8. The number of aryl methyl sites for hydroxylation is 1. The number of guanidine groups is 1. The molecule has 47 heavy (non-hydrogen) atoms. The lowest BCUT2D eigenvalue weighted by atomic mass is 9.93. The van der Waals surface area contributed by atoms with E-state index in [1.54, 1.807) is 0 Å². The van der Waals surface area contributed by atoms with Gasteiger partial charge in [-0.05, 0) is 49.9 Å². The van der Waals surface area contributed by atoms with Gasteiger partial charge in [-0.15, -0.1) is 0 Å². The number of halogens is 1. The molecule has 15 nitrogen and oxygen atoms in total. The molecule has 0 fully saturated rings. The standard InChI is InChI=1S/C31H49ClN8O7/c1-2-3-4-7-14-40(17-23(43)22(18-41)26(45)24(44)19-42)15-16-47-21-11-9-20(10-12-21)8-5-6-13-36-31(35)39-30(46)25-28(33)38-29(34)27(32)37-25/h9-12,18,22-24,26,42-45H,2-8,13-17,19H2,1H3,(H4,33,34,38)(H3,35,36,39,46)/t22-,23+,24-,26+/m1/s1. The van der Waals surface area contributed by atoms with Gasteiger partial charge in [0, 0.05) is 19.6 Å². The fourth-order valence-corrected chi connectivity index (χ4v) is 4.87. The van der Waals surface area contributed by atoms with Crippen molar-refractivity contribution in [3.63, 3.8) is 0 Å². The van der Waals surface area contributed by atoms with Gasteiger partial charge in [-0.2, -0.15) is 0 Å². The van der Waals surface area contributed by atoms with Crippen LogP contribution in [0.4, 0.5) is 11.6 Å². The Morgan fingerprint density at radius 1 is 1.04 bits per heavy atom. The van der Waals surface area contributed by atoms with Crippen LogP contribution in [0.2, 0.25) is 5.15 Å². The maximum atomic E-state index is 12.3. The number of carbonyl (C=O) groups is 2. The number of hydrogen-bond acceptors (Lipinski definition) is 13. The zero-order valence-electron chi connectivity index (χ0n) is 26.8. The highest BCUT2D eigenvalue weighted by Crippen LogP contribution is 2.18. The second-order valence-corrected chi connectivity index (χ2v) is 11.6. The van der Waals surface area contributed by atoms with Gasteiger partial charge in [0.2, 0.25) is 0 Å². The second kappa shape index (κ2) is 21.3. The van der Waals surface area contributed by atoms with Crippen molar-refractivity contribution in [3.8, 4) is 5.75 Å². The number of nitrogens with two attached hydrogens (primary N) is 2. The first-order chi connectivity index (χ1) is 22.5. The molecule has 0 aliphatic rings. The van der Waals surface area contributed by atoms with E-state index in [9.17, 15) is 24.9 Å². The van der Waals surface area contributed by atoms with Crippen LogP contribution in [0.5, 0.6) is 5.75 Å². The van der Waals surface area contributed by atoms with E-state index >= 15 is 0 Å². The monoisotopic (exact) mass is 680 g/mol. The molecule has 0 aliphatic carbocycles. The van der Waals surface area contributed by atoms with Gasteiger partial charge in [-0.25, -0.2) is 9.97 Å². The minimum absolute atomic E-state index is 0.0907. The number of aromatic nitrogens is 2. The van der Waals surface area contributed by atoms with Gasteiger partial charge in [-0.1, -0.05) is 49.9 Å². The van der Waals surface area contributed by atoms with E-state index < -0.39 is 36.7 Å². The first kappa shape index (κ1) is 39.6. The van der Waals surface area contributed by atoms with E-state index in [1.165, 1.54) is 0 Å². The molecule has 262 valence electrons. The third-order valence-electron chi connectivity index (χ3n) is 7.50. The maximum absolute atomic E-state index is 12.3. The third-order valence-corrected chi connectivity index (χ3v) is 7.78. The van der Waals surface area contributed by atoms with Crippen LogP contribution in [0.25, 0.3) is 0 Å². The summed E-state index contributed by atoms with van der Waals surface area (Å²) in [4.78, 5) is 33.4. The molecule has 0 saturated heterocycles. The molecule has 2 aromatic rings. The van der Waals surface area contributed by atoms with Crippen molar-refractivity contribution in [2.24, 2.45) is 5.92 Å². The Morgan fingerprint density at radius 2 is 1.77 bits per heavy atom. The Kier molecular flexibility index (Phi) is 17.9. The van der Waals surface area contributed by atoms with Crippen LogP contribution in [0.1, 0.15) is 61.5 Å². The minimum atomic E-state index is -1.57. The van der Waals surface area contributed by atoms with Gasteiger partial charge in [-0.3, -0.25) is 20.4 Å². The lowest BCUT2D eigenvalue weighted by Gasteiger charge is -2.30. The number of benzene rings is 1. The largest absolute Gasteiger partial charge is 0.492 e. The number of nitrogen functional groups attached to an aromatic ring is 2. The highest BCUT2D eigenvalue weighted by molar-refractivity contribution is 6.31. The Balaban J connectivity index is 1.75. The average molecular weight is 681 g/mol. The molecular weight excluding hydrogens is 632 g/mol. The molecule has 4 atom stereocenters. The Morgan fingerprint density at radius 3 is 2.43 bits per heavy atom. The van der Waals surface area contributed by atoms with E-state index in [-0.39, 0.29) is 35.0 Å². The number of rotatable bonds is 22. The quantitative estimate of drug-likeness (QED) is 0.0360. The Labute approximate surface area is 280 Å². The smallest absolute Gasteiger partial charge is 0.280 e. The van der Waals surface area contributed by atoms with Crippen LogP contribution in [0.3, 0.4) is 0 Å². The van der Waals surface area contributed by atoms with Crippen molar-refractivity contribution in [1.82, 2.24) is 25.5 Å². The van der Waals surface area contributed by atoms with Crippen LogP contribution in [-0.4, -0.2) is 111 Å². The van der Waals surface area contributed by atoms with E-state index in [1.807, 2.05) is 29.2 Å². The van der Waals surface area contributed by atoms with Crippen molar-refractivity contribution in [3.05, 3.63) is 40.7 Å². The normalized spacial score (nSPS) is 13.9. The van der Waals surface area contributed by atoms with Gasteiger partial charge < -0.3 is 46.7 Å². The number of aliphatic hydroxyl groups excluding tert-OH is 4. The molecule has 0 bridgehead atoms. The van der Waals surface area contributed by atoms with Crippen LogP contribution in [-0.2, 0) is 11.2 Å². The van der Waals surface area contributed by atoms with Crippen LogP contribution in [0.15, 0.2) is 24.3 Å². The van der Waals surface area contributed by atoms with Crippen LogP contribution in [0, 0.1) is 11.3 Å². The molecule has 2 rings (SSSR count). The van der Waals surface area contributed by atoms with Gasteiger partial charge in [0.1, 0.15) is 24.7 Å². The number of amides is 1. The van der Waals surface area contributed by atoms with E-state index in [2.05, 4.69) is 27.5 Å². The number of aldehydes is 1. The summed E-state index contributed by atoms with van der Waals surface area (Å²) >= 11 is 5.80. The molecule has 11 N–H and O–H groups in total. The molecule has 1 heterocycles. The second-order valence-electron chi connectivity index (χ2n) is 11.2. The first-order valence-corrected chi connectivity index (χ1v) is 16.1. The summed E-state index contributed by atoms with van der Waals surface area (Å²) in [5.74, 6) is -1.76. The zero-order valence-corrected chi connectivity index (χ0v) is 27.5. The summed E-state index contributed by atoms with van der Waals surface area (Å²) in [5, 5.41) is 52.6. The number of unbranched alkanes of at least 4 members (excludes halogenated alkanes) is 4. The highest BCUT2D eigenvalue weighted by Gasteiger charge is 2.32. The molecular formula is C31H49ClN8O7. The Hall–Kier alpha value is -3.60. The topological polar surface area (TPSA) is 253 Å². The minimum Gasteiger partial charge on any atom is -0.492 e. The summed E-state index contributed by atoms with van der Waals surface area (Å²) < 4.78 is 5.93. The van der Waals surface area contributed by atoms with Crippen molar-refractivity contribution < 1.29 is 34.8 Å². The summed E-state index contributed by atoms with van der Waals surface area (Å²) in [7, 11) is 0. The number of ether oxygens (including phenoxy) is 1. The summed E-state index contributed by atoms with van der Waals surface area (Å²) in [5.41, 5.74) is 12.1. The molecule has 0 spiro atoms. The number of anilines is 2. The summed E-state index contributed by atoms with van der Waals surface area (Å²) in [6, 6.07) is 7.71. The fraction of sp³-hybridized carbons (Fsp3) is 0.581. The summed E-state index contributed by atoms with van der Waals surface area (Å²) in [6.07, 6.45) is 2.57. The summed E-state index contributed by atoms with van der Waals surface area (Å²) in [6.45, 7) is 3.46. The van der Waals surface area contributed by atoms with Gasteiger partial charge in [0.05, 0.1) is 24.7 Å². The molecule has 0 aliphatic heterocycles. The van der Waals surface area contributed by atoms with E-state index in [0.29, 0.717) is 38.3 Å². The van der Waals surface area contributed by atoms with E-state index in [4.69, 9.17) is 38.3 Å². The predicted octanol–water partition coefficient (Wildman–Crippen LogP) is 0.723. The molecule has 0 unspecified atom stereocenters.